The molecular weight excluding hydrogens is 282 g/mol. The van der Waals surface area contributed by atoms with E-state index in [1.54, 1.807) is 7.11 Å². The number of fused-ring (bicyclic) bond motifs is 5. The van der Waals surface area contributed by atoms with Crippen molar-refractivity contribution in [2.24, 2.45) is 23.7 Å². The highest BCUT2D eigenvalue weighted by Crippen LogP contribution is 2.52. The van der Waals surface area contributed by atoms with E-state index in [1.807, 2.05) is 0 Å². The van der Waals surface area contributed by atoms with E-state index in [1.165, 1.54) is 4.90 Å². The van der Waals surface area contributed by atoms with Crippen LogP contribution in [-0.2, 0) is 19.1 Å². The van der Waals surface area contributed by atoms with Crippen LogP contribution >= 0.6 is 0 Å². The molecule has 0 radical (unpaired) electrons. The number of allylic oxidation sites excluding steroid dienone is 2. The summed E-state index contributed by atoms with van der Waals surface area (Å²) in [5.74, 6) is 0.412. The number of Topliss-reactive ketones (excluding diaryl/α,β-unsaturated/α-hetero) is 1. The smallest absolute Gasteiger partial charge is 0.233 e. The zero-order valence-electron chi connectivity index (χ0n) is 13.0. The van der Waals surface area contributed by atoms with Gasteiger partial charge in [-0.05, 0) is 31.1 Å². The fraction of sp³-hybridized carbons (Fsp3) is 0.706. The Morgan fingerprint density at radius 2 is 1.73 bits per heavy atom. The van der Waals surface area contributed by atoms with Crippen LogP contribution in [0.3, 0.4) is 0 Å². The molecule has 5 nitrogen and oxygen atoms in total. The Hall–Kier alpha value is -1.49. The van der Waals surface area contributed by atoms with Crippen molar-refractivity contribution in [3.63, 3.8) is 0 Å². The lowest BCUT2D eigenvalue weighted by molar-refractivity contribution is -0.141. The number of imide groups is 1. The molecule has 22 heavy (non-hydrogen) atoms. The summed E-state index contributed by atoms with van der Waals surface area (Å²) in [6.07, 6.45) is 7.40. The third kappa shape index (κ3) is 2.62. The molecule has 1 heterocycles. The van der Waals surface area contributed by atoms with Gasteiger partial charge in [-0.15, -0.1) is 0 Å². The van der Waals surface area contributed by atoms with Gasteiger partial charge in [-0.1, -0.05) is 12.2 Å². The van der Waals surface area contributed by atoms with Gasteiger partial charge < -0.3 is 4.74 Å². The molecule has 1 saturated heterocycles. The van der Waals surface area contributed by atoms with Gasteiger partial charge in [0.15, 0.2) is 0 Å². The maximum Gasteiger partial charge on any atom is 0.233 e. The van der Waals surface area contributed by atoms with Crippen LogP contribution in [-0.4, -0.2) is 42.8 Å². The number of ether oxygens (including phenoxy) is 1. The molecule has 0 aromatic carbocycles. The lowest BCUT2D eigenvalue weighted by atomic mass is 9.85. The van der Waals surface area contributed by atoms with Crippen molar-refractivity contribution in [3.8, 4) is 0 Å². The average molecular weight is 305 g/mol. The molecule has 4 atom stereocenters. The normalized spacial score (nSPS) is 32.1. The molecule has 2 fully saturated rings. The van der Waals surface area contributed by atoms with Crippen LogP contribution in [0.25, 0.3) is 0 Å². The Morgan fingerprint density at radius 1 is 1.14 bits per heavy atom. The summed E-state index contributed by atoms with van der Waals surface area (Å²) in [7, 11) is 1.62. The number of ketones is 1. The number of hydrogen-bond acceptors (Lipinski definition) is 4. The molecule has 0 N–H and O–H groups in total. The second kappa shape index (κ2) is 6.32. The van der Waals surface area contributed by atoms with Gasteiger partial charge in [-0.3, -0.25) is 19.3 Å². The summed E-state index contributed by atoms with van der Waals surface area (Å²) >= 11 is 0. The van der Waals surface area contributed by atoms with Gasteiger partial charge in [-0.2, -0.15) is 0 Å². The summed E-state index contributed by atoms with van der Waals surface area (Å²) in [5.41, 5.74) is 0. The van der Waals surface area contributed by atoms with Crippen molar-refractivity contribution in [2.75, 3.05) is 20.3 Å². The zero-order valence-corrected chi connectivity index (χ0v) is 13.0. The van der Waals surface area contributed by atoms with Crippen molar-refractivity contribution < 1.29 is 19.1 Å². The molecule has 2 aliphatic carbocycles. The van der Waals surface area contributed by atoms with Gasteiger partial charge in [0.05, 0.1) is 11.8 Å². The third-order valence-corrected chi connectivity index (χ3v) is 5.20. The van der Waals surface area contributed by atoms with Gasteiger partial charge in [0.25, 0.3) is 0 Å². The quantitative estimate of drug-likeness (QED) is 0.388. The van der Waals surface area contributed by atoms with Gasteiger partial charge in [0, 0.05) is 33.1 Å². The summed E-state index contributed by atoms with van der Waals surface area (Å²) in [5, 5.41) is 0. The maximum absolute atomic E-state index is 12.4. The molecule has 120 valence electrons. The fourth-order valence-electron chi connectivity index (χ4n) is 4.16. The molecule has 0 aromatic rings. The van der Waals surface area contributed by atoms with Crippen molar-refractivity contribution in [1.82, 2.24) is 4.90 Å². The van der Waals surface area contributed by atoms with E-state index < -0.39 is 0 Å². The standard InChI is InChI=1S/C17H23NO4/c1-22-9-3-5-13(19)4-2-8-18-16(20)14-11-6-7-12(10-11)15(14)17(18)21/h6-7,11-12,14-15H,2-5,8-10H2,1H3/t11-,12+,14+,15-. The molecule has 2 amide bonds. The van der Waals surface area contributed by atoms with Crippen LogP contribution in [0.1, 0.15) is 32.1 Å². The summed E-state index contributed by atoms with van der Waals surface area (Å²) in [6, 6.07) is 0. The first-order valence-corrected chi connectivity index (χ1v) is 8.17. The third-order valence-electron chi connectivity index (χ3n) is 5.20. The number of hydrogen-bond donors (Lipinski definition) is 0. The van der Waals surface area contributed by atoms with Crippen LogP contribution in [0.5, 0.6) is 0 Å². The highest BCUT2D eigenvalue weighted by atomic mass is 16.5. The van der Waals surface area contributed by atoms with Gasteiger partial charge >= 0.3 is 0 Å². The second-order valence-corrected chi connectivity index (χ2v) is 6.57. The lowest BCUT2D eigenvalue weighted by Crippen LogP contribution is -2.34. The Balaban J connectivity index is 1.47. The van der Waals surface area contributed by atoms with Gasteiger partial charge in [0.2, 0.25) is 11.8 Å². The highest BCUT2D eigenvalue weighted by molar-refractivity contribution is 6.06. The molecule has 2 bridgehead atoms. The van der Waals surface area contributed by atoms with Gasteiger partial charge in [-0.25, -0.2) is 0 Å². The molecule has 0 unspecified atom stereocenters. The first-order valence-electron chi connectivity index (χ1n) is 8.17. The molecule has 0 aromatic heterocycles. The van der Waals surface area contributed by atoms with Crippen LogP contribution in [0.2, 0.25) is 0 Å². The van der Waals surface area contributed by atoms with E-state index in [4.69, 9.17) is 4.74 Å². The highest BCUT2D eigenvalue weighted by Gasteiger charge is 2.58. The Bertz CT molecular complexity index is 483. The molecule has 1 aliphatic heterocycles. The Morgan fingerprint density at radius 3 is 2.32 bits per heavy atom. The fourth-order valence-corrected chi connectivity index (χ4v) is 4.16. The molecule has 1 saturated carbocycles. The van der Waals surface area contributed by atoms with Crippen molar-refractivity contribution in [1.29, 1.82) is 0 Å². The minimum Gasteiger partial charge on any atom is -0.385 e. The predicted molar refractivity (Wildman–Crippen MR) is 79.8 cm³/mol. The SMILES string of the molecule is COCCCC(=O)CCCN1C(=O)[C@@H]2[C@H](C1=O)[C@H]1C=C[C@@H]2C1. The first-order chi connectivity index (χ1) is 10.6. The van der Waals surface area contributed by atoms with Crippen LogP contribution in [0.15, 0.2) is 12.2 Å². The van der Waals surface area contributed by atoms with Crippen LogP contribution in [0.4, 0.5) is 0 Å². The minimum atomic E-state index is -0.125. The van der Waals surface area contributed by atoms with E-state index in [0.717, 1.165) is 12.8 Å². The molecular formula is C17H23NO4. The van der Waals surface area contributed by atoms with Crippen molar-refractivity contribution in [3.05, 3.63) is 12.2 Å². The van der Waals surface area contributed by atoms with Crippen LogP contribution in [0, 0.1) is 23.7 Å². The topological polar surface area (TPSA) is 63.7 Å². The van der Waals surface area contributed by atoms with E-state index in [2.05, 4.69) is 12.2 Å². The molecule has 5 heteroatoms. The van der Waals surface area contributed by atoms with E-state index in [0.29, 0.717) is 32.4 Å². The number of likely N-dealkylation sites (tertiary alicyclic amines) is 1. The number of carbonyl (C=O) groups is 3. The number of carbonyl (C=O) groups excluding carboxylic acids is 3. The van der Waals surface area contributed by atoms with E-state index >= 15 is 0 Å². The van der Waals surface area contributed by atoms with Crippen LogP contribution < -0.4 is 0 Å². The van der Waals surface area contributed by atoms with E-state index in [9.17, 15) is 14.4 Å². The van der Waals surface area contributed by atoms with Crippen molar-refractivity contribution in [2.45, 2.75) is 32.1 Å². The monoisotopic (exact) mass is 305 g/mol. The number of nitrogens with zero attached hydrogens (tertiary/aromatic N) is 1. The second-order valence-electron chi connectivity index (χ2n) is 6.57. The molecule has 0 spiro atoms. The Kier molecular flexibility index (Phi) is 4.43. The largest absolute Gasteiger partial charge is 0.385 e. The van der Waals surface area contributed by atoms with Crippen molar-refractivity contribution >= 4 is 17.6 Å². The van der Waals surface area contributed by atoms with E-state index in [-0.39, 0.29) is 41.3 Å². The Labute approximate surface area is 130 Å². The minimum absolute atomic E-state index is 0.0151. The predicted octanol–water partition coefficient (Wildman–Crippen LogP) is 1.57. The van der Waals surface area contributed by atoms with Gasteiger partial charge in [0.1, 0.15) is 5.78 Å². The number of amides is 2. The molecule has 3 rings (SSSR count). The zero-order chi connectivity index (χ0) is 15.7. The number of rotatable bonds is 8. The first kappa shape index (κ1) is 15.4. The average Bonchev–Trinajstić information content (AvgIpc) is 3.16. The summed E-state index contributed by atoms with van der Waals surface area (Å²) in [6.45, 7) is 0.980. The number of methoxy groups -OCH3 is 1. The maximum atomic E-state index is 12.4. The summed E-state index contributed by atoms with van der Waals surface area (Å²) < 4.78 is 4.92. The lowest BCUT2D eigenvalue weighted by Gasteiger charge is -2.16. The summed E-state index contributed by atoms with van der Waals surface area (Å²) in [4.78, 5) is 38.0. The molecule has 3 aliphatic rings.